The molecule has 14 heavy (non-hydrogen) atoms. The molecule has 0 aromatic heterocycles. The average Bonchev–Trinajstić information content (AvgIpc) is 2.44. The van der Waals surface area contributed by atoms with Crippen LogP contribution in [0.1, 0.15) is 29.8 Å². The summed E-state index contributed by atoms with van der Waals surface area (Å²) in [5.41, 5.74) is 8.14. The van der Waals surface area contributed by atoms with E-state index in [1.807, 2.05) is 30.9 Å². The molecule has 3 heteroatoms. The number of amides is 1. The summed E-state index contributed by atoms with van der Waals surface area (Å²) >= 11 is 0. The Kier molecular flexibility index (Phi) is 1.95. The van der Waals surface area contributed by atoms with Gasteiger partial charge >= 0.3 is 0 Å². The summed E-state index contributed by atoms with van der Waals surface area (Å²) in [6, 6.07) is 5.79. The van der Waals surface area contributed by atoms with Crippen LogP contribution in [0.25, 0.3) is 0 Å². The van der Waals surface area contributed by atoms with E-state index in [-0.39, 0.29) is 11.9 Å². The maximum atomic E-state index is 11.9. The van der Waals surface area contributed by atoms with Crippen LogP contribution in [0.4, 0.5) is 5.69 Å². The SMILES string of the molecule is CC(C)N1Cc2ccc(N)cc2C1=O. The van der Waals surface area contributed by atoms with E-state index >= 15 is 0 Å². The molecule has 1 aliphatic heterocycles. The van der Waals surface area contributed by atoms with Crippen LogP contribution in [0.5, 0.6) is 0 Å². The Morgan fingerprint density at radius 2 is 2.14 bits per heavy atom. The van der Waals surface area contributed by atoms with Gasteiger partial charge in [-0.15, -0.1) is 0 Å². The molecule has 1 amide bonds. The molecule has 74 valence electrons. The summed E-state index contributed by atoms with van der Waals surface area (Å²) < 4.78 is 0. The van der Waals surface area contributed by atoms with Gasteiger partial charge in [0, 0.05) is 23.8 Å². The first-order valence-electron chi connectivity index (χ1n) is 4.79. The fourth-order valence-corrected chi connectivity index (χ4v) is 1.76. The molecular formula is C11H14N2O. The number of carbonyl (C=O) groups excluding carboxylic acids is 1. The second-order valence-corrected chi connectivity index (χ2v) is 3.94. The first kappa shape index (κ1) is 9.06. The molecule has 2 rings (SSSR count). The molecule has 0 unspecified atom stereocenters. The van der Waals surface area contributed by atoms with Gasteiger partial charge in [0.05, 0.1) is 0 Å². The van der Waals surface area contributed by atoms with Gasteiger partial charge in [0.15, 0.2) is 0 Å². The highest BCUT2D eigenvalue weighted by molar-refractivity contribution is 5.99. The summed E-state index contributed by atoms with van der Waals surface area (Å²) in [4.78, 5) is 13.7. The van der Waals surface area contributed by atoms with Gasteiger partial charge in [-0.1, -0.05) is 6.07 Å². The number of hydrogen-bond acceptors (Lipinski definition) is 2. The molecule has 0 atom stereocenters. The topological polar surface area (TPSA) is 46.3 Å². The van der Waals surface area contributed by atoms with E-state index in [4.69, 9.17) is 5.73 Å². The lowest BCUT2D eigenvalue weighted by Gasteiger charge is -2.19. The largest absolute Gasteiger partial charge is 0.399 e. The minimum atomic E-state index is 0.0994. The van der Waals surface area contributed by atoms with E-state index in [0.717, 1.165) is 11.1 Å². The van der Waals surface area contributed by atoms with Gasteiger partial charge in [-0.3, -0.25) is 4.79 Å². The summed E-state index contributed by atoms with van der Waals surface area (Å²) in [6.07, 6.45) is 0. The predicted octanol–water partition coefficient (Wildman–Crippen LogP) is 1.63. The summed E-state index contributed by atoms with van der Waals surface area (Å²) in [5, 5.41) is 0. The van der Waals surface area contributed by atoms with Crippen LogP contribution in [0.15, 0.2) is 18.2 Å². The molecule has 2 N–H and O–H groups in total. The zero-order chi connectivity index (χ0) is 10.3. The number of benzene rings is 1. The van der Waals surface area contributed by atoms with Crippen LogP contribution in [-0.4, -0.2) is 16.8 Å². The first-order chi connectivity index (χ1) is 6.59. The number of nitrogens with zero attached hydrogens (tertiary/aromatic N) is 1. The fourth-order valence-electron chi connectivity index (χ4n) is 1.76. The van der Waals surface area contributed by atoms with Crippen molar-refractivity contribution < 1.29 is 4.79 Å². The highest BCUT2D eigenvalue weighted by Gasteiger charge is 2.28. The maximum absolute atomic E-state index is 11.9. The monoisotopic (exact) mass is 190 g/mol. The molecule has 3 nitrogen and oxygen atoms in total. The molecule has 0 spiro atoms. The van der Waals surface area contributed by atoms with Crippen LogP contribution in [0, 0.1) is 0 Å². The molecule has 0 bridgehead atoms. The Balaban J connectivity index is 2.41. The van der Waals surface area contributed by atoms with Crippen molar-refractivity contribution in [3.63, 3.8) is 0 Å². The molecule has 0 saturated carbocycles. The van der Waals surface area contributed by atoms with Crippen LogP contribution in [0.2, 0.25) is 0 Å². The van der Waals surface area contributed by atoms with E-state index in [2.05, 4.69) is 0 Å². The molecule has 0 aliphatic carbocycles. The molecular weight excluding hydrogens is 176 g/mol. The van der Waals surface area contributed by atoms with Crippen LogP contribution < -0.4 is 5.73 Å². The average molecular weight is 190 g/mol. The Labute approximate surface area is 83.5 Å². The van der Waals surface area contributed by atoms with Crippen molar-refractivity contribution in [2.45, 2.75) is 26.4 Å². The first-order valence-corrected chi connectivity index (χ1v) is 4.79. The summed E-state index contributed by atoms with van der Waals surface area (Å²) in [7, 11) is 0. The molecule has 1 aromatic carbocycles. The molecule has 0 saturated heterocycles. The molecule has 1 aromatic rings. The van der Waals surface area contributed by atoms with E-state index in [1.54, 1.807) is 6.07 Å². The standard InChI is InChI=1S/C11H14N2O/c1-7(2)13-6-8-3-4-9(12)5-10(8)11(13)14/h3-5,7H,6,12H2,1-2H3. The summed E-state index contributed by atoms with van der Waals surface area (Å²) in [5.74, 6) is 0.0994. The predicted molar refractivity (Wildman–Crippen MR) is 55.9 cm³/mol. The second-order valence-electron chi connectivity index (χ2n) is 3.94. The third kappa shape index (κ3) is 1.25. The fraction of sp³-hybridized carbons (Fsp3) is 0.364. The van der Waals surface area contributed by atoms with Crippen molar-refractivity contribution >= 4 is 11.6 Å². The third-order valence-electron chi connectivity index (χ3n) is 2.59. The molecule has 1 heterocycles. The Hall–Kier alpha value is -1.51. The second kappa shape index (κ2) is 3.01. The maximum Gasteiger partial charge on any atom is 0.254 e. The Bertz CT molecular complexity index is 385. The number of nitrogens with two attached hydrogens (primary N) is 1. The zero-order valence-corrected chi connectivity index (χ0v) is 8.45. The third-order valence-corrected chi connectivity index (χ3v) is 2.59. The molecule has 0 fully saturated rings. The van der Waals surface area contributed by atoms with Gasteiger partial charge < -0.3 is 10.6 Å². The molecule has 1 aliphatic rings. The number of fused-ring (bicyclic) bond motifs is 1. The van der Waals surface area contributed by atoms with E-state index < -0.39 is 0 Å². The van der Waals surface area contributed by atoms with Gasteiger partial charge in [0.25, 0.3) is 5.91 Å². The van der Waals surface area contributed by atoms with Crippen molar-refractivity contribution in [3.05, 3.63) is 29.3 Å². The van der Waals surface area contributed by atoms with Crippen LogP contribution in [-0.2, 0) is 6.54 Å². The normalized spacial score (nSPS) is 15.1. The zero-order valence-electron chi connectivity index (χ0n) is 8.45. The van der Waals surface area contributed by atoms with Crippen molar-refractivity contribution in [1.82, 2.24) is 4.90 Å². The van der Waals surface area contributed by atoms with Crippen molar-refractivity contribution in [1.29, 1.82) is 0 Å². The van der Waals surface area contributed by atoms with E-state index in [1.165, 1.54) is 0 Å². The number of rotatable bonds is 1. The lowest BCUT2D eigenvalue weighted by Crippen LogP contribution is -2.30. The number of hydrogen-bond donors (Lipinski definition) is 1. The lowest BCUT2D eigenvalue weighted by molar-refractivity contribution is 0.0730. The number of carbonyl (C=O) groups is 1. The van der Waals surface area contributed by atoms with Crippen molar-refractivity contribution in [3.8, 4) is 0 Å². The number of anilines is 1. The van der Waals surface area contributed by atoms with Gasteiger partial charge in [-0.05, 0) is 31.5 Å². The molecule has 0 radical (unpaired) electrons. The summed E-state index contributed by atoms with van der Waals surface area (Å²) in [6.45, 7) is 4.76. The highest BCUT2D eigenvalue weighted by Crippen LogP contribution is 2.25. The van der Waals surface area contributed by atoms with E-state index in [0.29, 0.717) is 12.2 Å². The Morgan fingerprint density at radius 3 is 2.79 bits per heavy atom. The van der Waals surface area contributed by atoms with Crippen molar-refractivity contribution in [2.75, 3.05) is 5.73 Å². The minimum Gasteiger partial charge on any atom is -0.399 e. The van der Waals surface area contributed by atoms with E-state index in [9.17, 15) is 4.79 Å². The quantitative estimate of drug-likeness (QED) is 0.684. The van der Waals surface area contributed by atoms with Crippen LogP contribution in [0.3, 0.4) is 0 Å². The Morgan fingerprint density at radius 1 is 1.43 bits per heavy atom. The van der Waals surface area contributed by atoms with Crippen LogP contribution >= 0.6 is 0 Å². The van der Waals surface area contributed by atoms with Gasteiger partial charge in [0.1, 0.15) is 0 Å². The smallest absolute Gasteiger partial charge is 0.254 e. The minimum absolute atomic E-state index is 0.0994. The highest BCUT2D eigenvalue weighted by atomic mass is 16.2. The van der Waals surface area contributed by atoms with Gasteiger partial charge in [0.2, 0.25) is 0 Å². The van der Waals surface area contributed by atoms with Gasteiger partial charge in [-0.25, -0.2) is 0 Å². The van der Waals surface area contributed by atoms with Gasteiger partial charge in [-0.2, -0.15) is 0 Å². The number of nitrogen functional groups attached to an aromatic ring is 1. The lowest BCUT2D eigenvalue weighted by atomic mass is 10.1. The van der Waals surface area contributed by atoms with Crippen molar-refractivity contribution in [2.24, 2.45) is 0 Å².